The minimum Gasteiger partial charge on any atom is -0.377 e. The third-order valence-corrected chi connectivity index (χ3v) is 4.61. The quantitative estimate of drug-likeness (QED) is 0.847. The molecule has 2 aliphatic rings. The van der Waals surface area contributed by atoms with Gasteiger partial charge in [-0.2, -0.15) is 0 Å². The highest BCUT2D eigenvalue weighted by molar-refractivity contribution is 5.76. The molecular formula is C15H28N2O2. The molecule has 1 aliphatic heterocycles. The average molecular weight is 268 g/mol. The molecule has 2 rings (SSSR count). The second-order valence-electron chi connectivity index (χ2n) is 6.06. The normalized spacial score (nSPS) is 32.3. The summed E-state index contributed by atoms with van der Waals surface area (Å²) in [6, 6.07) is 0.649. The van der Waals surface area contributed by atoms with E-state index in [1.807, 2.05) is 4.90 Å². The zero-order chi connectivity index (χ0) is 13.7. The minimum absolute atomic E-state index is 0.287. The first kappa shape index (κ1) is 14.8. The number of hydrogen-bond acceptors (Lipinski definition) is 3. The van der Waals surface area contributed by atoms with Crippen molar-refractivity contribution in [1.29, 1.82) is 0 Å². The highest BCUT2D eigenvalue weighted by atomic mass is 16.5. The second kappa shape index (κ2) is 7.25. The smallest absolute Gasteiger partial charge is 0.222 e. The lowest BCUT2D eigenvalue weighted by atomic mass is 9.83. The van der Waals surface area contributed by atoms with Crippen LogP contribution in [0.4, 0.5) is 0 Å². The molecule has 0 bridgehead atoms. The van der Waals surface area contributed by atoms with Crippen molar-refractivity contribution in [3.8, 4) is 0 Å². The van der Waals surface area contributed by atoms with E-state index in [4.69, 9.17) is 10.5 Å². The Hall–Kier alpha value is -0.610. The third kappa shape index (κ3) is 4.18. The summed E-state index contributed by atoms with van der Waals surface area (Å²) in [5, 5.41) is 0. The fraction of sp³-hybridized carbons (Fsp3) is 0.933. The highest BCUT2D eigenvalue weighted by Crippen LogP contribution is 2.27. The van der Waals surface area contributed by atoms with E-state index in [2.05, 4.69) is 6.92 Å². The lowest BCUT2D eigenvalue weighted by Gasteiger charge is -2.35. The van der Waals surface area contributed by atoms with Gasteiger partial charge in [-0.3, -0.25) is 4.79 Å². The van der Waals surface area contributed by atoms with Crippen LogP contribution < -0.4 is 5.73 Å². The average Bonchev–Trinajstić information content (AvgIpc) is 2.45. The maximum absolute atomic E-state index is 12.3. The van der Waals surface area contributed by atoms with Gasteiger partial charge >= 0.3 is 0 Å². The van der Waals surface area contributed by atoms with Gasteiger partial charge in [-0.25, -0.2) is 0 Å². The summed E-state index contributed by atoms with van der Waals surface area (Å²) in [5.41, 5.74) is 6.01. The maximum atomic E-state index is 12.3. The zero-order valence-corrected chi connectivity index (χ0v) is 12.1. The van der Waals surface area contributed by atoms with Crippen LogP contribution in [0.15, 0.2) is 0 Å². The molecule has 0 aromatic rings. The predicted octanol–water partition coefficient (Wildman–Crippen LogP) is 1.92. The molecular weight excluding hydrogens is 240 g/mol. The van der Waals surface area contributed by atoms with Crippen LogP contribution in [-0.2, 0) is 9.53 Å². The molecule has 2 fully saturated rings. The van der Waals surface area contributed by atoms with Crippen molar-refractivity contribution in [3.05, 3.63) is 0 Å². The first-order valence-electron chi connectivity index (χ1n) is 7.83. The number of carbonyl (C=O) groups is 1. The number of nitrogens with zero attached hydrogens (tertiary/aromatic N) is 1. The molecule has 3 atom stereocenters. The minimum atomic E-state index is 0.287. The summed E-state index contributed by atoms with van der Waals surface area (Å²) < 4.78 is 5.45. The van der Waals surface area contributed by atoms with E-state index in [1.165, 1.54) is 12.8 Å². The monoisotopic (exact) mass is 268 g/mol. The lowest BCUT2D eigenvalue weighted by molar-refractivity contribution is -0.140. The van der Waals surface area contributed by atoms with Crippen LogP contribution in [-0.4, -0.2) is 42.6 Å². The van der Waals surface area contributed by atoms with E-state index in [0.717, 1.165) is 32.2 Å². The van der Waals surface area contributed by atoms with Gasteiger partial charge in [0.2, 0.25) is 5.91 Å². The van der Waals surface area contributed by atoms with Crippen LogP contribution in [0.2, 0.25) is 0 Å². The Bertz CT molecular complexity index is 296. The van der Waals surface area contributed by atoms with Gasteiger partial charge < -0.3 is 15.4 Å². The zero-order valence-electron chi connectivity index (χ0n) is 12.1. The van der Waals surface area contributed by atoms with Crippen molar-refractivity contribution in [2.75, 3.05) is 19.8 Å². The van der Waals surface area contributed by atoms with Crippen molar-refractivity contribution >= 4 is 5.91 Å². The van der Waals surface area contributed by atoms with Gasteiger partial charge in [-0.15, -0.1) is 0 Å². The van der Waals surface area contributed by atoms with Crippen molar-refractivity contribution in [3.63, 3.8) is 0 Å². The summed E-state index contributed by atoms with van der Waals surface area (Å²) in [6.45, 7) is 4.29. The number of nitrogens with two attached hydrogens (primary N) is 1. The SMILES string of the molecule is CCC1COCCN1C(=O)CCC1CCCC(N)C1. The van der Waals surface area contributed by atoms with Crippen molar-refractivity contribution in [1.82, 2.24) is 4.90 Å². The standard InChI is InChI=1S/C15H28N2O2/c1-2-14-11-19-9-8-17(14)15(18)7-6-12-4-3-5-13(16)10-12/h12-14H,2-11,16H2,1H3. The number of hydrogen-bond donors (Lipinski definition) is 1. The Balaban J connectivity index is 1.76. The summed E-state index contributed by atoms with van der Waals surface area (Å²) in [6.07, 6.45) is 7.43. The van der Waals surface area contributed by atoms with Gasteiger partial charge in [-0.05, 0) is 31.6 Å². The molecule has 19 heavy (non-hydrogen) atoms. The maximum Gasteiger partial charge on any atom is 0.222 e. The van der Waals surface area contributed by atoms with E-state index >= 15 is 0 Å². The summed E-state index contributed by atoms with van der Waals surface area (Å²) in [7, 11) is 0. The number of rotatable bonds is 4. The molecule has 0 radical (unpaired) electrons. The Labute approximate surface area is 116 Å². The van der Waals surface area contributed by atoms with Crippen LogP contribution >= 0.6 is 0 Å². The van der Waals surface area contributed by atoms with E-state index in [0.29, 0.717) is 37.5 Å². The van der Waals surface area contributed by atoms with E-state index in [9.17, 15) is 4.79 Å². The Morgan fingerprint density at radius 1 is 1.42 bits per heavy atom. The number of carbonyl (C=O) groups excluding carboxylic acids is 1. The molecule has 1 saturated heterocycles. The van der Waals surface area contributed by atoms with Gasteiger partial charge in [0.1, 0.15) is 0 Å². The predicted molar refractivity (Wildman–Crippen MR) is 75.8 cm³/mol. The van der Waals surface area contributed by atoms with Gasteiger partial charge in [0.05, 0.1) is 19.3 Å². The van der Waals surface area contributed by atoms with Gasteiger partial charge in [0.25, 0.3) is 0 Å². The molecule has 4 heteroatoms. The molecule has 1 aliphatic carbocycles. The fourth-order valence-electron chi connectivity index (χ4n) is 3.39. The summed E-state index contributed by atoms with van der Waals surface area (Å²) >= 11 is 0. The number of ether oxygens (including phenoxy) is 1. The van der Waals surface area contributed by atoms with Gasteiger partial charge in [0.15, 0.2) is 0 Å². The van der Waals surface area contributed by atoms with Crippen LogP contribution in [0, 0.1) is 5.92 Å². The summed E-state index contributed by atoms with van der Waals surface area (Å²) in [4.78, 5) is 14.4. The first-order chi connectivity index (χ1) is 9.20. The molecule has 110 valence electrons. The topological polar surface area (TPSA) is 55.6 Å². The van der Waals surface area contributed by atoms with E-state index < -0.39 is 0 Å². The van der Waals surface area contributed by atoms with Crippen LogP contribution in [0.25, 0.3) is 0 Å². The van der Waals surface area contributed by atoms with Crippen LogP contribution in [0.5, 0.6) is 0 Å². The molecule has 0 aromatic heterocycles. The Morgan fingerprint density at radius 3 is 3.00 bits per heavy atom. The Kier molecular flexibility index (Phi) is 5.64. The summed E-state index contributed by atoms with van der Waals surface area (Å²) in [5.74, 6) is 0.975. The molecule has 2 N–H and O–H groups in total. The third-order valence-electron chi connectivity index (χ3n) is 4.61. The van der Waals surface area contributed by atoms with E-state index in [-0.39, 0.29) is 6.04 Å². The van der Waals surface area contributed by atoms with Crippen molar-refractivity contribution in [2.24, 2.45) is 11.7 Å². The number of morpholine rings is 1. The van der Waals surface area contributed by atoms with Gasteiger partial charge in [-0.1, -0.05) is 19.8 Å². The number of amides is 1. The molecule has 4 nitrogen and oxygen atoms in total. The largest absolute Gasteiger partial charge is 0.377 e. The molecule has 0 aromatic carbocycles. The molecule has 3 unspecified atom stereocenters. The van der Waals surface area contributed by atoms with Gasteiger partial charge in [0, 0.05) is 19.0 Å². The lowest BCUT2D eigenvalue weighted by Crippen LogP contribution is -2.48. The van der Waals surface area contributed by atoms with Crippen molar-refractivity contribution in [2.45, 2.75) is 64.0 Å². The molecule has 1 amide bonds. The fourth-order valence-corrected chi connectivity index (χ4v) is 3.39. The second-order valence-corrected chi connectivity index (χ2v) is 6.06. The molecule has 1 saturated carbocycles. The van der Waals surface area contributed by atoms with Crippen molar-refractivity contribution < 1.29 is 9.53 Å². The molecule has 1 heterocycles. The van der Waals surface area contributed by atoms with E-state index in [1.54, 1.807) is 0 Å². The Morgan fingerprint density at radius 2 is 2.26 bits per heavy atom. The first-order valence-corrected chi connectivity index (χ1v) is 7.83. The highest BCUT2D eigenvalue weighted by Gasteiger charge is 2.27. The van der Waals surface area contributed by atoms with Crippen LogP contribution in [0.3, 0.4) is 0 Å². The molecule has 0 spiro atoms. The van der Waals surface area contributed by atoms with Crippen LogP contribution in [0.1, 0.15) is 51.9 Å².